The lowest BCUT2D eigenvalue weighted by molar-refractivity contribution is -0.126. The van der Waals surface area contributed by atoms with E-state index in [4.69, 9.17) is 9.84 Å². The molecule has 0 spiro atoms. The van der Waals surface area contributed by atoms with E-state index in [0.29, 0.717) is 17.0 Å². The zero-order valence-electron chi connectivity index (χ0n) is 13.0. The first-order chi connectivity index (χ1) is 11.6. The molecule has 2 aromatic rings. The molecule has 124 valence electrons. The van der Waals surface area contributed by atoms with Crippen molar-refractivity contribution in [1.29, 1.82) is 0 Å². The van der Waals surface area contributed by atoms with Gasteiger partial charge in [0.15, 0.2) is 0 Å². The van der Waals surface area contributed by atoms with Crippen LogP contribution in [0.1, 0.15) is 12.0 Å². The number of ether oxygens (including phenoxy) is 1. The number of methoxy groups -OCH3 is 1. The van der Waals surface area contributed by atoms with Crippen LogP contribution >= 0.6 is 0 Å². The van der Waals surface area contributed by atoms with Gasteiger partial charge in [0, 0.05) is 11.8 Å². The van der Waals surface area contributed by atoms with Crippen molar-refractivity contribution in [1.82, 2.24) is 5.43 Å². The van der Waals surface area contributed by atoms with Gasteiger partial charge in [-0.15, -0.1) is 0 Å². The average Bonchev–Trinajstić information content (AvgIpc) is 2.56. The Kier molecular flexibility index (Phi) is 5.90. The number of hydrazone groups is 1. The van der Waals surface area contributed by atoms with Gasteiger partial charge >= 0.3 is 0 Å². The number of aromatic hydroxyl groups is 1. The van der Waals surface area contributed by atoms with Crippen LogP contribution in [0.25, 0.3) is 0 Å². The molecule has 24 heavy (non-hydrogen) atoms. The second-order valence-electron chi connectivity index (χ2n) is 4.84. The van der Waals surface area contributed by atoms with Crippen molar-refractivity contribution in [3.63, 3.8) is 0 Å². The van der Waals surface area contributed by atoms with Crippen molar-refractivity contribution in [2.75, 3.05) is 12.4 Å². The largest absolute Gasteiger partial charge is 0.508 e. The van der Waals surface area contributed by atoms with Crippen LogP contribution < -0.4 is 15.5 Å². The zero-order valence-corrected chi connectivity index (χ0v) is 13.0. The molecule has 7 heteroatoms. The van der Waals surface area contributed by atoms with E-state index >= 15 is 0 Å². The third-order valence-electron chi connectivity index (χ3n) is 2.97. The number of anilines is 1. The molecule has 2 aromatic carbocycles. The number of carbonyl (C=O) groups excluding carboxylic acids is 2. The number of amides is 2. The molecular weight excluding hydrogens is 310 g/mol. The Morgan fingerprint density at radius 3 is 2.62 bits per heavy atom. The Morgan fingerprint density at radius 2 is 1.92 bits per heavy atom. The third-order valence-corrected chi connectivity index (χ3v) is 2.97. The van der Waals surface area contributed by atoms with Gasteiger partial charge in [0.25, 0.3) is 0 Å². The maximum absolute atomic E-state index is 11.8. The normalized spacial score (nSPS) is 10.4. The van der Waals surface area contributed by atoms with Crippen LogP contribution in [0.2, 0.25) is 0 Å². The van der Waals surface area contributed by atoms with Gasteiger partial charge in [-0.2, -0.15) is 5.10 Å². The summed E-state index contributed by atoms with van der Waals surface area (Å²) in [6.07, 6.45) is 1.06. The second-order valence-corrected chi connectivity index (χ2v) is 4.84. The Labute approximate surface area is 139 Å². The standard InChI is InChI=1S/C17H17N3O4/c1-24-15-4-2-3-13(9-15)19-16(22)10-17(23)20-18-11-12-5-7-14(21)8-6-12/h2-9,11,21H,10H2,1H3,(H,19,22)(H,20,23)/b18-11+. The molecule has 2 rings (SSSR count). The summed E-state index contributed by atoms with van der Waals surface area (Å²) < 4.78 is 5.05. The van der Waals surface area contributed by atoms with E-state index in [9.17, 15) is 9.59 Å². The summed E-state index contributed by atoms with van der Waals surface area (Å²) in [5, 5.41) is 15.5. The summed E-state index contributed by atoms with van der Waals surface area (Å²) in [6.45, 7) is 0. The fraction of sp³-hybridized carbons (Fsp3) is 0.118. The van der Waals surface area contributed by atoms with Gasteiger partial charge in [0.1, 0.15) is 17.9 Å². The lowest BCUT2D eigenvalue weighted by Crippen LogP contribution is -2.24. The summed E-state index contributed by atoms with van der Waals surface area (Å²) >= 11 is 0. The molecular formula is C17H17N3O4. The van der Waals surface area contributed by atoms with Crippen molar-refractivity contribution in [3.05, 3.63) is 54.1 Å². The number of nitrogens with zero attached hydrogens (tertiary/aromatic N) is 1. The second kappa shape index (κ2) is 8.33. The molecule has 0 aliphatic heterocycles. The van der Waals surface area contributed by atoms with Crippen LogP contribution in [-0.2, 0) is 9.59 Å². The van der Waals surface area contributed by atoms with Crippen molar-refractivity contribution in [2.24, 2.45) is 5.10 Å². The number of rotatable bonds is 6. The first-order valence-corrected chi connectivity index (χ1v) is 7.11. The highest BCUT2D eigenvalue weighted by Crippen LogP contribution is 2.16. The monoisotopic (exact) mass is 327 g/mol. The molecule has 0 heterocycles. The molecule has 0 radical (unpaired) electrons. The number of carbonyl (C=O) groups is 2. The van der Waals surface area contributed by atoms with Crippen molar-refractivity contribution in [2.45, 2.75) is 6.42 Å². The number of phenolic OH excluding ortho intramolecular Hbond substituents is 1. The number of phenols is 1. The van der Waals surface area contributed by atoms with Crippen LogP contribution in [-0.4, -0.2) is 30.2 Å². The van der Waals surface area contributed by atoms with Crippen LogP contribution in [0.5, 0.6) is 11.5 Å². The first kappa shape index (κ1) is 17.0. The highest BCUT2D eigenvalue weighted by molar-refractivity contribution is 6.03. The van der Waals surface area contributed by atoms with E-state index in [1.807, 2.05) is 0 Å². The van der Waals surface area contributed by atoms with Crippen molar-refractivity contribution < 1.29 is 19.4 Å². The Balaban J connectivity index is 1.80. The minimum Gasteiger partial charge on any atom is -0.508 e. The number of hydrogen-bond donors (Lipinski definition) is 3. The van der Waals surface area contributed by atoms with E-state index in [-0.39, 0.29) is 12.2 Å². The van der Waals surface area contributed by atoms with E-state index in [1.165, 1.54) is 25.5 Å². The van der Waals surface area contributed by atoms with Gasteiger partial charge in [0.05, 0.1) is 13.3 Å². The number of hydrogen-bond acceptors (Lipinski definition) is 5. The van der Waals surface area contributed by atoms with Gasteiger partial charge < -0.3 is 15.2 Å². The van der Waals surface area contributed by atoms with Gasteiger partial charge in [-0.05, 0) is 42.0 Å². The predicted molar refractivity (Wildman–Crippen MR) is 90.1 cm³/mol. The minimum absolute atomic E-state index is 0.144. The molecule has 0 aromatic heterocycles. The Bertz CT molecular complexity index is 742. The lowest BCUT2D eigenvalue weighted by atomic mass is 10.2. The predicted octanol–water partition coefficient (Wildman–Crippen LogP) is 1.88. The van der Waals surface area contributed by atoms with E-state index in [2.05, 4.69) is 15.8 Å². The molecule has 0 aliphatic rings. The highest BCUT2D eigenvalue weighted by atomic mass is 16.5. The Morgan fingerprint density at radius 1 is 1.17 bits per heavy atom. The molecule has 2 amide bonds. The number of nitrogens with one attached hydrogen (secondary N) is 2. The van der Waals surface area contributed by atoms with Crippen LogP contribution in [0, 0.1) is 0 Å². The smallest absolute Gasteiger partial charge is 0.249 e. The fourth-order valence-electron chi connectivity index (χ4n) is 1.83. The van der Waals surface area contributed by atoms with Crippen LogP contribution in [0.4, 0.5) is 5.69 Å². The molecule has 0 bridgehead atoms. The molecule has 0 saturated heterocycles. The zero-order chi connectivity index (χ0) is 17.4. The average molecular weight is 327 g/mol. The summed E-state index contributed by atoms with van der Waals surface area (Å²) in [6, 6.07) is 13.1. The van der Waals surface area contributed by atoms with Crippen LogP contribution in [0.3, 0.4) is 0 Å². The lowest BCUT2D eigenvalue weighted by Gasteiger charge is -2.06. The summed E-state index contributed by atoms with van der Waals surface area (Å²) in [4.78, 5) is 23.5. The summed E-state index contributed by atoms with van der Waals surface area (Å²) in [7, 11) is 1.53. The van der Waals surface area contributed by atoms with Crippen molar-refractivity contribution >= 4 is 23.7 Å². The Hall–Kier alpha value is -3.35. The number of benzene rings is 2. The molecule has 0 aliphatic carbocycles. The molecule has 0 fully saturated rings. The topological polar surface area (TPSA) is 100 Å². The highest BCUT2D eigenvalue weighted by Gasteiger charge is 2.09. The van der Waals surface area contributed by atoms with Gasteiger partial charge in [0.2, 0.25) is 11.8 Å². The minimum atomic E-state index is -0.537. The molecule has 3 N–H and O–H groups in total. The van der Waals surface area contributed by atoms with E-state index in [0.717, 1.165) is 0 Å². The maximum Gasteiger partial charge on any atom is 0.249 e. The molecule has 0 saturated carbocycles. The molecule has 0 atom stereocenters. The molecule has 7 nitrogen and oxygen atoms in total. The maximum atomic E-state index is 11.8. The van der Waals surface area contributed by atoms with Gasteiger partial charge in [-0.3, -0.25) is 9.59 Å². The fourth-order valence-corrected chi connectivity index (χ4v) is 1.83. The van der Waals surface area contributed by atoms with E-state index < -0.39 is 11.8 Å². The van der Waals surface area contributed by atoms with Crippen LogP contribution in [0.15, 0.2) is 53.6 Å². The van der Waals surface area contributed by atoms with E-state index in [1.54, 1.807) is 36.4 Å². The van der Waals surface area contributed by atoms with Crippen molar-refractivity contribution in [3.8, 4) is 11.5 Å². The quantitative estimate of drug-likeness (QED) is 0.428. The van der Waals surface area contributed by atoms with Gasteiger partial charge in [-0.1, -0.05) is 6.07 Å². The third kappa shape index (κ3) is 5.45. The summed E-state index contributed by atoms with van der Waals surface area (Å²) in [5.74, 6) is -0.243. The molecule has 0 unspecified atom stereocenters. The summed E-state index contributed by atoms with van der Waals surface area (Å²) in [5.41, 5.74) is 3.51. The SMILES string of the molecule is COc1cccc(NC(=O)CC(=O)N/N=C/c2ccc(O)cc2)c1. The first-order valence-electron chi connectivity index (χ1n) is 7.11. The van der Waals surface area contributed by atoms with Gasteiger partial charge in [-0.25, -0.2) is 5.43 Å².